The second kappa shape index (κ2) is 8.40. The van der Waals surface area contributed by atoms with Crippen molar-refractivity contribution in [3.63, 3.8) is 0 Å². The number of nitrogens with one attached hydrogen (secondary N) is 1. The summed E-state index contributed by atoms with van der Waals surface area (Å²) in [4.78, 5) is 12.5. The number of carbonyl (C=O) groups excluding carboxylic acids is 1. The van der Waals surface area contributed by atoms with Crippen molar-refractivity contribution in [2.24, 2.45) is 0 Å². The molecule has 0 unspecified atom stereocenters. The highest BCUT2D eigenvalue weighted by Crippen LogP contribution is 2.31. The Morgan fingerprint density at radius 2 is 1.81 bits per heavy atom. The molecule has 6 heteroatoms. The SMILES string of the molecule is COc1cccc(Cn2nccc2NC(=O)Cc2ccccc2C)c1OC. The molecule has 0 radical (unpaired) electrons. The summed E-state index contributed by atoms with van der Waals surface area (Å²) in [6.45, 7) is 2.45. The van der Waals surface area contributed by atoms with Crippen molar-refractivity contribution in [1.29, 1.82) is 0 Å². The van der Waals surface area contributed by atoms with Crippen LogP contribution in [0.1, 0.15) is 16.7 Å². The van der Waals surface area contributed by atoms with Crippen LogP contribution >= 0.6 is 0 Å². The zero-order valence-electron chi connectivity index (χ0n) is 15.7. The summed E-state index contributed by atoms with van der Waals surface area (Å²) >= 11 is 0. The third-order valence-corrected chi connectivity index (χ3v) is 4.40. The van der Waals surface area contributed by atoms with Crippen LogP contribution in [0.15, 0.2) is 54.7 Å². The number of anilines is 1. The van der Waals surface area contributed by atoms with Gasteiger partial charge in [0, 0.05) is 11.6 Å². The van der Waals surface area contributed by atoms with Crippen LogP contribution in [0.25, 0.3) is 0 Å². The van der Waals surface area contributed by atoms with Crippen molar-refractivity contribution in [2.45, 2.75) is 19.9 Å². The lowest BCUT2D eigenvalue weighted by Crippen LogP contribution is -2.18. The van der Waals surface area contributed by atoms with Crippen molar-refractivity contribution >= 4 is 11.7 Å². The van der Waals surface area contributed by atoms with E-state index < -0.39 is 0 Å². The molecule has 0 aliphatic carbocycles. The Balaban J connectivity index is 1.75. The minimum atomic E-state index is -0.0799. The van der Waals surface area contributed by atoms with Gasteiger partial charge in [0.1, 0.15) is 5.82 Å². The summed E-state index contributed by atoms with van der Waals surface area (Å²) in [5.74, 6) is 1.88. The van der Waals surface area contributed by atoms with Gasteiger partial charge in [-0.05, 0) is 24.1 Å². The molecule has 6 nitrogen and oxygen atoms in total. The maximum absolute atomic E-state index is 12.5. The molecular formula is C21H23N3O3. The topological polar surface area (TPSA) is 65.4 Å². The normalized spacial score (nSPS) is 10.5. The van der Waals surface area contributed by atoms with E-state index in [-0.39, 0.29) is 5.91 Å². The Bertz CT molecular complexity index is 934. The molecule has 27 heavy (non-hydrogen) atoms. The molecule has 0 saturated heterocycles. The molecule has 0 aliphatic rings. The molecular weight excluding hydrogens is 342 g/mol. The number of amides is 1. The summed E-state index contributed by atoms with van der Waals surface area (Å²) in [6.07, 6.45) is 1.98. The molecule has 0 bridgehead atoms. The van der Waals surface area contributed by atoms with E-state index in [1.165, 1.54) is 0 Å². The van der Waals surface area contributed by atoms with Crippen molar-refractivity contribution < 1.29 is 14.3 Å². The summed E-state index contributed by atoms with van der Waals surface area (Å²) in [5, 5.41) is 7.27. The number of para-hydroxylation sites is 1. The van der Waals surface area contributed by atoms with E-state index >= 15 is 0 Å². The predicted octanol–water partition coefficient (Wildman–Crippen LogP) is 3.44. The predicted molar refractivity (Wildman–Crippen MR) is 104 cm³/mol. The van der Waals surface area contributed by atoms with Crippen LogP contribution < -0.4 is 14.8 Å². The molecule has 2 aromatic carbocycles. The van der Waals surface area contributed by atoms with Crippen molar-refractivity contribution in [3.8, 4) is 11.5 Å². The van der Waals surface area contributed by atoms with Gasteiger partial charge in [0.25, 0.3) is 0 Å². The highest BCUT2D eigenvalue weighted by molar-refractivity contribution is 5.91. The minimum absolute atomic E-state index is 0.0799. The van der Waals surface area contributed by atoms with Crippen LogP contribution in [0.2, 0.25) is 0 Å². The third-order valence-electron chi connectivity index (χ3n) is 4.40. The zero-order valence-corrected chi connectivity index (χ0v) is 15.7. The van der Waals surface area contributed by atoms with Gasteiger partial charge in [0.2, 0.25) is 5.91 Å². The lowest BCUT2D eigenvalue weighted by Gasteiger charge is -2.14. The number of aromatic nitrogens is 2. The number of hydrogen-bond acceptors (Lipinski definition) is 4. The monoisotopic (exact) mass is 365 g/mol. The van der Waals surface area contributed by atoms with E-state index in [9.17, 15) is 4.79 Å². The maximum atomic E-state index is 12.5. The van der Waals surface area contributed by atoms with Gasteiger partial charge in [-0.3, -0.25) is 4.79 Å². The first-order valence-electron chi connectivity index (χ1n) is 8.68. The second-order valence-corrected chi connectivity index (χ2v) is 6.18. The van der Waals surface area contributed by atoms with Crippen molar-refractivity contribution in [3.05, 3.63) is 71.4 Å². The van der Waals surface area contributed by atoms with E-state index in [2.05, 4.69) is 10.4 Å². The maximum Gasteiger partial charge on any atom is 0.229 e. The number of rotatable bonds is 7. The summed E-state index contributed by atoms with van der Waals surface area (Å²) in [7, 11) is 3.21. The van der Waals surface area contributed by atoms with Crippen LogP contribution in [-0.2, 0) is 17.8 Å². The van der Waals surface area contributed by atoms with Crippen LogP contribution in [-0.4, -0.2) is 29.9 Å². The molecule has 0 atom stereocenters. The highest BCUT2D eigenvalue weighted by Gasteiger charge is 2.14. The molecule has 0 saturated carbocycles. The highest BCUT2D eigenvalue weighted by atomic mass is 16.5. The molecule has 0 fully saturated rings. The average Bonchev–Trinajstić information content (AvgIpc) is 3.10. The van der Waals surface area contributed by atoms with Gasteiger partial charge in [-0.15, -0.1) is 0 Å². The number of aryl methyl sites for hydroxylation is 1. The Morgan fingerprint density at radius 1 is 1.04 bits per heavy atom. The van der Waals surface area contributed by atoms with E-state index in [1.54, 1.807) is 31.2 Å². The molecule has 1 N–H and O–H groups in total. The fourth-order valence-corrected chi connectivity index (χ4v) is 2.97. The Hall–Kier alpha value is -3.28. The first kappa shape index (κ1) is 18.5. The molecule has 3 aromatic rings. The fourth-order valence-electron chi connectivity index (χ4n) is 2.97. The van der Waals surface area contributed by atoms with E-state index in [0.717, 1.165) is 16.7 Å². The number of methoxy groups -OCH3 is 2. The van der Waals surface area contributed by atoms with E-state index in [4.69, 9.17) is 9.47 Å². The molecule has 1 aromatic heterocycles. The van der Waals surface area contributed by atoms with Crippen LogP contribution in [0, 0.1) is 6.92 Å². The second-order valence-electron chi connectivity index (χ2n) is 6.18. The van der Waals surface area contributed by atoms with Crippen molar-refractivity contribution in [1.82, 2.24) is 9.78 Å². The third kappa shape index (κ3) is 4.28. The smallest absolute Gasteiger partial charge is 0.229 e. The van der Waals surface area contributed by atoms with E-state index in [0.29, 0.717) is 30.3 Å². The van der Waals surface area contributed by atoms with Crippen molar-refractivity contribution in [2.75, 3.05) is 19.5 Å². The molecule has 0 aliphatic heterocycles. The van der Waals surface area contributed by atoms with Gasteiger partial charge in [0.15, 0.2) is 11.5 Å². The largest absolute Gasteiger partial charge is 0.493 e. The van der Waals surface area contributed by atoms with Crippen LogP contribution in [0.3, 0.4) is 0 Å². The molecule has 1 heterocycles. The number of hydrogen-bond donors (Lipinski definition) is 1. The molecule has 0 spiro atoms. The Kier molecular flexibility index (Phi) is 5.76. The quantitative estimate of drug-likeness (QED) is 0.697. The summed E-state index contributed by atoms with van der Waals surface area (Å²) in [6, 6.07) is 15.3. The Morgan fingerprint density at radius 3 is 2.56 bits per heavy atom. The first-order chi connectivity index (χ1) is 13.1. The number of carbonyl (C=O) groups is 1. The van der Waals surface area contributed by atoms with Gasteiger partial charge < -0.3 is 14.8 Å². The van der Waals surface area contributed by atoms with Gasteiger partial charge in [-0.25, -0.2) is 4.68 Å². The number of nitrogens with zero attached hydrogens (tertiary/aromatic N) is 2. The standard InChI is InChI=1S/C21H23N3O3/c1-15-7-4-5-8-16(15)13-20(25)23-19-11-12-22-24(19)14-17-9-6-10-18(26-2)21(17)27-3/h4-12H,13-14H2,1-3H3,(H,23,25). The lowest BCUT2D eigenvalue weighted by molar-refractivity contribution is -0.115. The zero-order chi connectivity index (χ0) is 19.2. The lowest BCUT2D eigenvalue weighted by atomic mass is 10.1. The Labute approximate surface area is 158 Å². The van der Waals surface area contributed by atoms with Gasteiger partial charge in [0.05, 0.1) is 33.4 Å². The van der Waals surface area contributed by atoms with Crippen LogP contribution in [0.4, 0.5) is 5.82 Å². The molecule has 3 rings (SSSR count). The average molecular weight is 365 g/mol. The number of ether oxygens (including phenoxy) is 2. The summed E-state index contributed by atoms with van der Waals surface area (Å²) in [5.41, 5.74) is 3.02. The van der Waals surface area contributed by atoms with Crippen LogP contribution in [0.5, 0.6) is 11.5 Å². The van der Waals surface area contributed by atoms with E-state index in [1.807, 2.05) is 49.4 Å². The summed E-state index contributed by atoms with van der Waals surface area (Å²) < 4.78 is 12.5. The molecule has 1 amide bonds. The van der Waals surface area contributed by atoms with Gasteiger partial charge >= 0.3 is 0 Å². The van der Waals surface area contributed by atoms with Gasteiger partial charge in [-0.1, -0.05) is 36.4 Å². The van der Waals surface area contributed by atoms with Gasteiger partial charge in [-0.2, -0.15) is 5.10 Å². The number of benzene rings is 2. The fraction of sp³-hybridized carbons (Fsp3) is 0.238. The molecule has 140 valence electrons. The first-order valence-corrected chi connectivity index (χ1v) is 8.68. The minimum Gasteiger partial charge on any atom is -0.493 e.